The Morgan fingerprint density at radius 3 is 2.22 bits per heavy atom. The van der Waals surface area contributed by atoms with E-state index in [2.05, 4.69) is 10.2 Å². The molecule has 5 aromatic rings. The van der Waals surface area contributed by atoms with Crippen LogP contribution in [0.4, 0.5) is 0 Å². The van der Waals surface area contributed by atoms with Crippen molar-refractivity contribution in [3.63, 3.8) is 0 Å². The fourth-order valence-electron chi connectivity index (χ4n) is 3.56. The molecule has 0 aliphatic carbocycles. The highest BCUT2D eigenvalue weighted by Gasteiger charge is 2.14. The van der Waals surface area contributed by atoms with Crippen molar-refractivity contribution in [3.05, 3.63) is 106 Å². The molecule has 0 saturated heterocycles. The third-order valence-electron chi connectivity index (χ3n) is 5.10. The fourth-order valence-corrected chi connectivity index (χ4v) is 4.34. The highest BCUT2D eigenvalue weighted by Crippen LogP contribution is 2.31. The molecule has 0 fully saturated rings. The first-order chi connectivity index (χ1) is 15.7. The van der Waals surface area contributed by atoms with Gasteiger partial charge < -0.3 is 4.42 Å². The predicted molar refractivity (Wildman–Crippen MR) is 127 cm³/mol. The van der Waals surface area contributed by atoms with Gasteiger partial charge in [-0.3, -0.25) is 0 Å². The third-order valence-corrected chi connectivity index (χ3v) is 5.99. The van der Waals surface area contributed by atoms with Crippen LogP contribution in [0.15, 0.2) is 99.3 Å². The normalized spacial score (nSPS) is 11.0. The Morgan fingerprint density at radius 2 is 1.50 bits per heavy atom. The number of hydrogen-bond donors (Lipinski definition) is 0. The molecule has 5 rings (SSSR count). The standard InChI is InChI=1S/C26H19N3O2S/c1-17-12-13-21-20(15-23(30)31-22(21)14-17)16-32-26-27-24(18-8-4-2-5-9-18)25(28-29-26)19-10-6-3-7-11-19/h2-15H,16H2,1H3. The minimum atomic E-state index is -0.359. The summed E-state index contributed by atoms with van der Waals surface area (Å²) in [5, 5.41) is 10.4. The van der Waals surface area contributed by atoms with Gasteiger partial charge in [0.05, 0.1) is 0 Å². The molecule has 0 spiro atoms. The summed E-state index contributed by atoms with van der Waals surface area (Å²) in [4.78, 5) is 16.9. The van der Waals surface area contributed by atoms with Gasteiger partial charge in [-0.1, -0.05) is 84.6 Å². The molecule has 0 radical (unpaired) electrons. The Labute approximate surface area is 189 Å². The van der Waals surface area contributed by atoms with Gasteiger partial charge in [0.1, 0.15) is 17.0 Å². The monoisotopic (exact) mass is 437 g/mol. The molecule has 2 aromatic heterocycles. The largest absolute Gasteiger partial charge is 0.423 e. The molecular formula is C26H19N3O2S. The zero-order chi connectivity index (χ0) is 21.9. The van der Waals surface area contributed by atoms with Crippen molar-refractivity contribution >= 4 is 22.7 Å². The maximum atomic E-state index is 12.0. The first-order valence-corrected chi connectivity index (χ1v) is 11.2. The average molecular weight is 438 g/mol. The van der Waals surface area contributed by atoms with Crippen molar-refractivity contribution in [3.8, 4) is 22.5 Å². The molecule has 0 saturated carbocycles. The summed E-state index contributed by atoms with van der Waals surface area (Å²) in [6, 6.07) is 27.3. The summed E-state index contributed by atoms with van der Waals surface area (Å²) in [5.74, 6) is 0.533. The lowest BCUT2D eigenvalue weighted by molar-refractivity contribution is 0.559. The van der Waals surface area contributed by atoms with Crippen molar-refractivity contribution in [2.75, 3.05) is 0 Å². The van der Waals surface area contributed by atoms with Crippen molar-refractivity contribution in [2.45, 2.75) is 17.8 Å². The van der Waals surface area contributed by atoms with Crippen LogP contribution in [-0.4, -0.2) is 15.2 Å². The number of nitrogens with zero attached hydrogens (tertiary/aromatic N) is 3. The first kappa shape index (κ1) is 20.2. The molecule has 3 aromatic carbocycles. The number of hydrogen-bond acceptors (Lipinski definition) is 6. The van der Waals surface area contributed by atoms with E-state index < -0.39 is 0 Å². The Morgan fingerprint density at radius 1 is 0.812 bits per heavy atom. The average Bonchev–Trinajstić information content (AvgIpc) is 2.83. The zero-order valence-corrected chi connectivity index (χ0v) is 18.2. The predicted octanol–water partition coefficient (Wildman–Crippen LogP) is 5.91. The van der Waals surface area contributed by atoms with Gasteiger partial charge in [0.15, 0.2) is 0 Å². The van der Waals surface area contributed by atoms with E-state index in [1.54, 1.807) is 0 Å². The van der Waals surface area contributed by atoms with Gasteiger partial charge in [-0.25, -0.2) is 9.78 Å². The second kappa shape index (κ2) is 8.77. The maximum absolute atomic E-state index is 12.0. The maximum Gasteiger partial charge on any atom is 0.336 e. The van der Waals surface area contributed by atoms with E-state index in [0.717, 1.165) is 39.0 Å². The van der Waals surface area contributed by atoms with Gasteiger partial charge in [0.25, 0.3) is 0 Å². The number of aryl methyl sites for hydroxylation is 1. The molecule has 0 amide bonds. The molecule has 2 heterocycles. The van der Waals surface area contributed by atoms with Crippen LogP contribution in [0.5, 0.6) is 0 Å². The fraction of sp³-hybridized carbons (Fsp3) is 0.0769. The molecule has 6 heteroatoms. The van der Waals surface area contributed by atoms with E-state index >= 15 is 0 Å². The smallest absolute Gasteiger partial charge is 0.336 e. The van der Waals surface area contributed by atoms with Crippen LogP contribution in [0.25, 0.3) is 33.5 Å². The van der Waals surface area contributed by atoms with Gasteiger partial charge >= 0.3 is 5.63 Å². The lowest BCUT2D eigenvalue weighted by atomic mass is 10.0. The minimum Gasteiger partial charge on any atom is -0.423 e. The Hall–Kier alpha value is -3.77. The van der Waals surface area contributed by atoms with E-state index in [9.17, 15) is 4.79 Å². The summed E-state index contributed by atoms with van der Waals surface area (Å²) in [6.45, 7) is 1.97. The summed E-state index contributed by atoms with van der Waals surface area (Å²) in [5.41, 5.74) is 5.62. The molecule has 0 N–H and O–H groups in total. The third kappa shape index (κ3) is 4.18. The lowest BCUT2D eigenvalue weighted by Gasteiger charge is -2.10. The van der Waals surface area contributed by atoms with E-state index in [1.165, 1.54) is 17.8 Å². The molecule has 0 aliphatic heterocycles. The van der Waals surface area contributed by atoms with E-state index in [0.29, 0.717) is 16.5 Å². The van der Waals surface area contributed by atoms with Crippen LogP contribution < -0.4 is 5.63 Å². The number of benzene rings is 3. The molecule has 32 heavy (non-hydrogen) atoms. The number of aromatic nitrogens is 3. The molecule has 0 unspecified atom stereocenters. The van der Waals surface area contributed by atoms with Crippen LogP contribution in [-0.2, 0) is 5.75 Å². The topological polar surface area (TPSA) is 68.9 Å². The Bertz CT molecular complexity index is 1450. The highest BCUT2D eigenvalue weighted by molar-refractivity contribution is 7.98. The van der Waals surface area contributed by atoms with Crippen molar-refractivity contribution in [1.29, 1.82) is 0 Å². The summed E-state index contributed by atoms with van der Waals surface area (Å²) in [6.07, 6.45) is 0. The van der Waals surface area contributed by atoms with Gasteiger partial charge in [-0.05, 0) is 24.1 Å². The second-order valence-corrected chi connectivity index (χ2v) is 8.35. The van der Waals surface area contributed by atoms with Gasteiger partial charge in [-0.15, -0.1) is 10.2 Å². The van der Waals surface area contributed by atoms with Gasteiger partial charge in [0.2, 0.25) is 5.16 Å². The molecule has 5 nitrogen and oxygen atoms in total. The quantitative estimate of drug-likeness (QED) is 0.251. The Kier molecular flexibility index (Phi) is 5.52. The van der Waals surface area contributed by atoms with Crippen LogP contribution in [0.3, 0.4) is 0 Å². The van der Waals surface area contributed by atoms with Crippen molar-refractivity contribution in [1.82, 2.24) is 15.2 Å². The molecule has 0 bridgehead atoms. The first-order valence-electron chi connectivity index (χ1n) is 10.2. The molecule has 0 atom stereocenters. The van der Waals surface area contributed by atoms with Gasteiger partial charge in [-0.2, -0.15) is 0 Å². The number of thioether (sulfide) groups is 1. The zero-order valence-electron chi connectivity index (χ0n) is 17.4. The van der Waals surface area contributed by atoms with E-state index in [-0.39, 0.29) is 5.63 Å². The van der Waals surface area contributed by atoms with E-state index in [4.69, 9.17) is 9.40 Å². The van der Waals surface area contributed by atoms with Crippen molar-refractivity contribution < 1.29 is 4.42 Å². The van der Waals surface area contributed by atoms with Gasteiger partial charge in [0, 0.05) is 28.3 Å². The number of fused-ring (bicyclic) bond motifs is 1. The second-order valence-electron chi connectivity index (χ2n) is 7.40. The summed E-state index contributed by atoms with van der Waals surface area (Å²) in [7, 11) is 0. The lowest BCUT2D eigenvalue weighted by Crippen LogP contribution is -2.02. The van der Waals surface area contributed by atoms with Crippen LogP contribution in [0.2, 0.25) is 0 Å². The number of rotatable bonds is 5. The van der Waals surface area contributed by atoms with Crippen LogP contribution in [0.1, 0.15) is 11.1 Å². The molecule has 0 aliphatic rings. The van der Waals surface area contributed by atoms with Crippen LogP contribution >= 0.6 is 11.8 Å². The van der Waals surface area contributed by atoms with Crippen LogP contribution in [0, 0.1) is 6.92 Å². The Balaban J connectivity index is 1.52. The molecule has 156 valence electrons. The van der Waals surface area contributed by atoms with Crippen molar-refractivity contribution in [2.24, 2.45) is 0 Å². The minimum absolute atomic E-state index is 0.359. The van der Waals surface area contributed by atoms with E-state index in [1.807, 2.05) is 85.8 Å². The SMILES string of the molecule is Cc1ccc2c(CSc3nnc(-c4ccccc4)c(-c4ccccc4)n3)cc(=O)oc2c1. The molecular weight excluding hydrogens is 418 g/mol. The summed E-state index contributed by atoms with van der Waals surface area (Å²) >= 11 is 1.45. The summed E-state index contributed by atoms with van der Waals surface area (Å²) < 4.78 is 5.37. The highest BCUT2D eigenvalue weighted by atomic mass is 32.2.